The molecule has 0 aliphatic rings. The Hall–Kier alpha value is -2.73. The second kappa shape index (κ2) is 7.66. The standard InChI is InChI=1S/C20H22N4OS/c1-14-18(26-19(22-14)17-7-5-6-12-21-17)20(25)24(4)13-15-8-10-16(11-9-15)23(2)3/h5-12H,13H2,1-4H3. The van der Waals surface area contributed by atoms with Gasteiger partial charge in [0.1, 0.15) is 9.88 Å². The number of benzene rings is 1. The maximum Gasteiger partial charge on any atom is 0.265 e. The van der Waals surface area contributed by atoms with Crippen LogP contribution < -0.4 is 4.90 Å². The predicted octanol–water partition coefficient (Wildman–Crippen LogP) is 3.85. The van der Waals surface area contributed by atoms with E-state index < -0.39 is 0 Å². The van der Waals surface area contributed by atoms with E-state index in [0.29, 0.717) is 11.4 Å². The first-order chi connectivity index (χ1) is 12.5. The topological polar surface area (TPSA) is 49.3 Å². The number of nitrogens with zero attached hydrogens (tertiary/aromatic N) is 4. The molecule has 5 nitrogen and oxygen atoms in total. The largest absolute Gasteiger partial charge is 0.378 e. The molecule has 0 spiro atoms. The molecule has 2 heterocycles. The van der Waals surface area contributed by atoms with Crippen molar-refractivity contribution in [2.75, 3.05) is 26.0 Å². The van der Waals surface area contributed by atoms with Gasteiger partial charge >= 0.3 is 0 Å². The third kappa shape index (κ3) is 3.91. The molecule has 6 heteroatoms. The highest BCUT2D eigenvalue weighted by Gasteiger charge is 2.20. The number of aryl methyl sites for hydroxylation is 1. The molecule has 0 fully saturated rings. The fourth-order valence-electron chi connectivity index (χ4n) is 2.61. The van der Waals surface area contributed by atoms with Gasteiger partial charge in [-0.2, -0.15) is 0 Å². The average Bonchev–Trinajstić information content (AvgIpc) is 3.04. The van der Waals surface area contributed by atoms with Gasteiger partial charge in [-0.3, -0.25) is 9.78 Å². The van der Waals surface area contributed by atoms with Gasteiger partial charge in [-0.25, -0.2) is 4.98 Å². The minimum Gasteiger partial charge on any atom is -0.378 e. The van der Waals surface area contributed by atoms with E-state index in [2.05, 4.69) is 39.1 Å². The van der Waals surface area contributed by atoms with E-state index in [-0.39, 0.29) is 5.91 Å². The van der Waals surface area contributed by atoms with E-state index in [1.165, 1.54) is 11.3 Å². The first-order valence-electron chi connectivity index (χ1n) is 8.36. The van der Waals surface area contributed by atoms with Crippen molar-refractivity contribution in [3.63, 3.8) is 0 Å². The van der Waals surface area contributed by atoms with Crippen molar-refractivity contribution in [3.8, 4) is 10.7 Å². The van der Waals surface area contributed by atoms with E-state index in [4.69, 9.17) is 0 Å². The Morgan fingerprint density at radius 1 is 1.08 bits per heavy atom. The Bertz CT molecular complexity index is 888. The lowest BCUT2D eigenvalue weighted by Gasteiger charge is -2.18. The summed E-state index contributed by atoms with van der Waals surface area (Å²) in [7, 11) is 5.84. The van der Waals surface area contributed by atoms with Crippen molar-refractivity contribution in [2.45, 2.75) is 13.5 Å². The molecule has 3 rings (SSSR count). The lowest BCUT2D eigenvalue weighted by molar-refractivity contribution is 0.0789. The number of carbonyl (C=O) groups excluding carboxylic acids is 1. The third-order valence-electron chi connectivity index (χ3n) is 4.09. The average molecular weight is 366 g/mol. The van der Waals surface area contributed by atoms with Gasteiger partial charge in [0.15, 0.2) is 0 Å². The minimum atomic E-state index is -0.0149. The van der Waals surface area contributed by atoms with Crippen molar-refractivity contribution >= 4 is 22.9 Å². The molecule has 0 N–H and O–H groups in total. The molecular weight excluding hydrogens is 344 g/mol. The lowest BCUT2D eigenvalue weighted by atomic mass is 10.2. The number of anilines is 1. The van der Waals surface area contributed by atoms with Crippen molar-refractivity contribution < 1.29 is 4.79 Å². The number of thiazole rings is 1. The van der Waals surface area contributed by atoms with Crippen molar-refractivity contribution in [1.82, 2.24) is 14.9 Å². The molecule has 2 aromatic heterocycles. The monoisotopic (exact) mass is 366 g/mol. The molecule has 0 unspecified atom stereocenters. The molecule has 1 aromatic carbocycles. The predicted molar refractivity (Wildman–Crippen MR) is 107 cm³/mol. The summed E-state index contributed by atoms with van der Waals surface area (Å²) < 4.78 is 0. The molecule has 0 atom stereocenters. The van der Waals surface area contributed by atoms with Crippen molar-refractivity contribution in [1.29, 1.82) is 0 Å². The highest BCUT2D eigenvalue weighted by atomic mass is 32.1. The number of pyridine rings is 1. The highest BCUT2D eigenvalue weighted by Crippen LogP contribution is 2.27. The van der Waals surface area contributed by atoms with Gasteiger partial charge in [0, 0.05) is 39.6 Å². The van der Waals surface area contributed by atoms with E-state index >= 15 is 0 Å². The molecule has 0 saturated carbocycles. The Morgan fingerprint density at radius 3 is 2.42 bits per heavy atom. The van der Waals surface area contributed by atoms with Gasteiger partial charge in [0.25, 0.3) is 5.91 Å². The lowest BCUT2D eigenvalue weighted by Crippen LogP contribution is -2.26. The molecule has 0 bridgehead atoms. The number of hydrogen-bond acceptors (Lipinski definition) is 5. The molecular formula is C20H22N4OS. The van der Waals surface area contributed by atoms with Crippen LogP contribution in [-0.2, 0) is 6.54 Å². The van der Waals surface area contributed by atoms with Crippen LogP contribution in [0, 0.1) is 6.92 Å². The molecule has 134 valence electrons. The summed E-state index contributed by atoms with van der Waals surface area (Å²) in [6.07, 6.45) is 1.73. The van der Waals surface area contributed by atoms with Crippen LogP contribution in [0.25, 0.3) is 10.7 Å². The summed E-state index contributed by atoms with van der Waals surface area (Å²) in [4.78, 5) is 26.1. The Kier molecular flexibility index (Phi) is 5.32. The van der Waals surface area contributed by atoms with E-state index in [9.17, 15) is 4.79 Å². The van der Waals surface area contributed by atoms with Gasteiger partial charge in [-0.05, 0) is 36.8 Å². The van der Waals surface area contributed by atoms with E-state index in [1.807, 2.05) is 46.3 Å². The van der Waals surface area contributed by atoms with Crippen molar-refractivity contribution in [3.05, 3.63) is 64.8 Å². The molecule has 26 heavy (non-hydrogen) atoms. The van der Waals surface area contributed by atoms with Gasteiger partial charge < -0.3 is 9.80 Å². The maximum absolute atomic E-state index is 12.9. The first kappa shape index (κ1) is 18.1. The smallest absolute Gasteiger partial charge is 0.265 e. The summed E-state index contributed by atoms with van der Waals surface area (Å²) in [5, 5.41) is 0.773. The quantitative estimate of drug-likeness (QED) is 0.688. The van der Waals surface area contributed by atoms with Crippen LogP contribution in [0.1, 0.15) is 20.9 Å². The first-order valence-corrected chi connectivity index (χ1v) is 9.18. The SMILES string of the molecule is Cc1nc(-c2ccccn2)sc1C(=O)N(C)Cc1ccc(N(C)C)cc1. The zero-order valence-corrected chi connectivity index (χ0v) is 16.2. The van der Waals surface area contributed by atoms with Crippen LogP contribution in [0.4, 0.5) is 5.69 Å². The van der Waals surface area contributed by atoms with Crippen LogP contribution in [0.3, 0.4) is 0 Å². The van der Waals surface area contributed by atoms with Crippen LogP contribution in [0.15, 0.2) is 48.7 Å². The van der Waals surface area contributed by atoms with Crippen molar-refractivity contribution in [2.24, 2.45) is 0 Å². The fraction of sp³-hybridized carbons (Fsp3) is 0.250. The Morgan fingerprint density at radius 2 is 1.81 bits per heavy atom. The number of aromatic nitrogens is 2. The number of amides is 1. The normalized spacial score (nSPS) is 10.6. The van der Waals surface area contributed by atoms with Crippen LogP contribution in [-0.4, -0.2) is 41.9 Å². The number of rotatable bonds is 5. The molecule has 0 aliphatic heterocycles. The molecule has 0 radical (unpaired) electrons. The minimum absolute atomic E-state index is 0.0149. The third-order valence-corrected chi connectivity index (χ3v) is 5.26. The summed E-state index contributed by atoms with van der Waals surface area (Å²) >= 11 is 1.39. The summed E-state index contributed by atoms with van der Waals surface area (Å²) in [5.41, 5.74) is 3.77. The second-order valence-corrected chi connectivity index (χ2v) is 7.37. The number of carbonyl (C=O) groups is 1. The Labute approximate surface area is 157 Å². The summed E-state index contributed by atoms with van der Waals surface area (Å²) in [6.45, 7) is 2.43. The summed E-state index contributed by atoms with van der Waals surface area (Å²) in [6, 6.07) is 13.9. The van der Waals surface area contributed by atoms with Gasteiger partial charge in [0.2, 0.25) is 0 Å². The van der Waals surface area contributed by atoms with E-state index in [0.717, 1.165) is 27.6 Å². The van der Waals surface area contributed by atoms with Gasteiger partial charge in [-0.1, -0.05) is 18.2 Å². The Balaban J connectivity index is 1.75. The summed E-state index contributed by atoms with van der Waals surface area (Å²) in [5.74, 6) is -0.0149. The molecule has 1 amide bonds. The van der Waals surface area contributed by atoms with Gasteiger partial charge in [-0.15, -0.1) is 11.3 Å². The van der Waals surface area contributed by atoms with Crippen LogP contribution >= 0.6 is 11.3 Å². The molecule has 3 aromatic rings. The number of hydrogen-bond donors (Lipinski definition) is 0. The molecule has 0 saturated heterocycles. The van der Waals surface area contributed by atoms with Crippen LogP contribution in [0.5, 0.6) is 0 Å². The molecule has 0 aliphatic carbocycles. The van der Waals surface area contributed by atoms with E-state index in [1.54, 1.807) is 11.1 Å². The highest BCUT2D eigenvalue weighted by molar-refractivity contribution is 7.17. The zero-order valence-electron chi connectivity index (χ0n) is 15.4. The van der Waals surface area contributed by atoms with Gasteiger partial charge in [0.05, 0.1) is 11.4 Å². The maximum atomic E-state index is 12.9. The second-order valence-electron chi connectivity index (χ2n) is 6.37. The zero-order chi connectivity index (χ0) is 18.7. The fourth-order valence-corrected chi connectivity index (χ4v) is 3.65. The van der Waals surface area contributed by atoms with Crippen LogP contribution in [0.2, 0.25) is 0 Å².